The summed E-state index contributed by atoms with van der Waals surface area (Å²) in [6.45, 7) is 7.23. The van der Waals surface area contributed by atoms with Gasteiger partial charge in [0.2, 0.25) is 5.91 Å². The first kappa shape index (κ1) is 18.2. The van der Waals surface area contributed by atoms with E-state index in [2.05, 4.69) is 10.6 Å². The first-order valence-electron chi connectivity index (χ1n) is 6.62. The van der Waals surface area contributed by atoms with Gasteiger partial charge in [-0.05, 0) is 20.8 Å². The highest BCUT2D eigenvalue weighted by Gasteiger charge is 2.14. The van der Waals surface area contributed by atoms with Crippen molar-refractivity contribution in [1.82, 2.24) is 10.6 Å². The second-order valence-corrected chi connectivity index (χ2v) is 5.52. The molecule has 2 atom stereocenters. The van der Waals surface area contributed by atoms with Gasteiger partial charge in [-0.3, -0.25) is 4.79 Å². The lowest BCUT2D eigenvalue weighted by Gasteiger charge is -2.22. The highest BCUT2D eigenvalue weighted by atomic mass is 19.1. The van der Waals surface area contributed by atoms with Gasteiger partial charge >= 0.3 is 0 Å². The third-order valence-electron chi connectivity index (χ3n) is 2.29. The molecule has 2 unspecified atom stereocenters. The van der Waals surface area contributed by atoms with Crippen molar-refractivity contribution in [2.24, 2.45) is 0 Å². The van der Waals surface area contributed by atoms with Crippen LogP contribution in [0.2, 0.25) is 0 Å². The van der Waals surface area contributed by atoms with Crippen LogP contribution in [0.15, 0.2) is 0 Å². The second-order valence-electron chi connectivity index (χ2n) is 5.52. The van der Waals surface area contributed by atoms with Gasteiger partial charge in [0.25, 0.3) is 0 Å². The Morgan fingerprint density at radius 3 is 2.16 bits per heavy atom. The number of carbonyl (C=O) groups is 1. The second kappa shape index (κ2) is 9.20. The standard InChI is InChI=1S/C13H26F2N2O2/c1-5-12(18)16-6-10(14)8-19-9-11(15)7-17-13(2,3)4/h10-11,17H,5-9H2,1-4H3,(H,16,18). The lowest BCUT2D eigenvalue weighted by Crippen LogP contribution is -2.41. The molecule has 0 aliphatic carbocycles. The molecule has 0 saturated carbocycles. The van der Waals surface area contributed by atoms with Crippen LogP contribution in [0.5, 0.6) is 0 Å². The van der Waals surface area contributed by atoms with Crippen LogP contribution >= 0.6 is 0 Å². The van der Waals surface area contributed by atoms with Crippen molar-refractivity contribution in [3.63, 3.8) is 0 Å². The minimum atomic E-state index is -1.31. The Bertz CT molecular complexity index is 258. The number of alkyl halides is 2. The molecule has 0 aromatic heterocycles. The van der Waals surface area contributed by atoms with E-state index < -0.39 is 12.3 Å². The number of nitrogens with one attached hydrogen (secondary N) is 2. The maximum Gasteiger partial charge on any atom is 0.219 e. The maximum absolute atomic E-state index is 13.4. The van der Waals surface area contributed by atoms with Gasteiger partial charge in [0.05, 0.1) is 19.8 Å². The molecule has 0 aromatic rings. The number of ether oxygens (including phenoxy) is 1. The largest absolute Gasteiger partial charge is 0.375 e. The monoisotopic (exact) mass is 280 g/mol. The molecule has 114 valence electrons. The van der Waals surface area contributed by atoms with Crippen LogP contribution in [-0.4, -0.2) is 50.1 Å². The van der Waals surface area contributed by atoms with Crippen LogP contribution < -0.4 is 10.6 Å². The average Bonchev–Trinajstić information content (AvgIpc) is 2.32. The van der Waals surface area contributed by atoms with Crippen molar-refractivity contribution in [3.8, 4) is 0 Å². The summed E-state index contributed by atoms with van der Waals surface area (Å²) in [7, 11) is 0. The fourth-order valence-electron chi connectivity index (χ4n) is 1.21. The van der Waals surface area contributed by atoms with E-state index in [1.165, 1.54) is 0 Å². The predicted molar refractivity (Wildman–Crippen MR) is 71.7 cm³/mol. The number of amides is 1. The summed E-state index contributed by atoms with van der Waals surface area (Å²) in [6, 6.07) is 0. The van der Waals surface area contributed by atoms with Crippen molar-refractivity contribution in [2.45, 2.75) is 52.0 Å². The molecule has 0 saturated heterocycles. The van der Waals surface area contributed by atoms with E-state index in [0.717, 1.165) is 0 Å². The van der Waals surface area contributed by atoms with E-state index in [0.29, 0.717) is 6.42 Å². The summed E-state index contributed by atoms with van der Waals surface area (Å²) in [4.78, 5) is 10.9. The fraction of sp³-hybridized carbons (Fsp3) is 0.923. The van der Waals surface area contributed by atoms with Crippen molar-refractivity contribution in [3.05, 3.63) is 0 Å². The van der Waals surface area contributed by atoms with Crippen LogP contribution in [0.1, 0.15) is 34.1 Å². The number of rotatable bonds is 9. The highest BCUT2D eigenvalue weighted by Crippen LogP contribution is 2.01. The van der Waals surface area contributed by atoms with E-state index in [9.17, 15) is 13.6 Å². The summed E-state index contributed by atoms with van der Waals surface area (Å²) >= 11 is 0. The van der Waals surface area contributed by atoms with E-state index in [1.807, 2.05) is 20.8 Å². The molecular formula is C13H26F2N2O2. The normalized spacial score (nSPS) is 15.1. The molecule has 4 nitrogen and oxygen atoms in total. The predicted octanol–water partition coefficient (Wildman–Crippen LogP) is 1.59. The first-order valence-corrected chi connectivity index (χ1v) is 6.62. The number of hydrogen-bond donors (Lipinski definition) is 2. The van der Waals surface area contributed by atoms with Crippen molar-refractivity contribution in [1.29, 1.82) is 0 Å². The summed E-state index contributed by atoms with van der Waals surface area (Å²) in [6.07, 6.45) is -2.16. The third kappa shape index (κ3) is 12.0. The molecule has 0 heterocycles. The quantitative estimate of drug-likeness (QED) is 0.674. The molecule has 0 rings (SSSR count). The average molecular weight is 280 g/mol. The minimum absolute atomic E-state index is 0.0934. The zero-order chi connectivity index (χ0) is 14.9. The fourth-order valence-corrected chi connectivity index (χ4v) is 1.21. The number of hydrogen-bond acceptors (Lipinski definition) is 3. The molecule has 0 bridgehead atoms. The molecule has 0 aliphatic heterocycles. The van der Waals surface area contributed by atoms with E-state index in [-0.39, 0.29) is 37.7 Å². The lowest BCUT2D eigenvalue weighted by molar-refractivity contribution is -0.121. The summed E-state index contributed by atoms with van der Waals surface area (Å²) < 4.78 is 31.6. The Morgan fingerprint density at radius 2 is 1.68 bits per heavy atom. The zero-order valence-corrected chi connectivity index (χ0v) is 12.3. The molecule has 1 amide bonds. The molecule has 0 spiro atoms. The SMILES string of the molecule is CCC(=O)NCC(F)COCC(F)CNC(C)(C)C. The molecule has 0 aliphatic rings. The van der Waals surface area contributed by atoms with Gasteiger partial charge in [-0.15, -0.1) is 0 Å². The van der Waals surface area contributed by atoms with Gasteiger partial charge in [-0.1, -0.05) is 6.92 Å². The van der Waals surface area contributed by atoms with Gasteiger partial charge in [0, 0.05) is 18.5 Å². The maximum atomic E-state index is 13.4. The molecular weight excluding hydrogens is 254 g/mol. The zero-order valence-electron chi connectivity index (χ0n) is 12.3. The van der Waals surface area contributed by atoms with Crippen LogP contribution in [0.25, 0.3) is 0 Å². The van der Waals surface area contributed by atoms with Gasteiger partial charge in [-0.2, -0.15) is 0 Å². The number of carbonyl (C=O) groups excluding carboxylic acids is 1. The van der Waals surface area contributed by atoms with Crippen molar-refractivity contribution < 1.29 is 18.3 Å². The van der Waals surface area contributed by atoms with E-state index >= 15 is 0 Å². The highest BCUT2D eigenvalue weighted by molar-refractivity contribution is 5.75. The minimum Gasteiger partial charge on any atom is -0.375 e. The molecule has 0 aromatic carbocycles. The van der Waals surface area contributed by atoms with Crippen molar-refractivity contribution >= 4 is 5.91 Å². The first-order chi connectivity index (χ1) is 8.74. The van der Waals surface area contributed by atoms with Gasteiger partial charge in [0.1, 0.15) is 12.3 Å². The van der Waals surface area contributed by atoms with Gasteiger partial charge in [-0.25, -0.2) is 8.78 Å². The Morgan fingerprint density at radius 1 is 1.16 bits per heavy atom. The Labute approximate surface area is 114 Å². The Balaban J connectivity index is 3.58. The third-order valence-corrected chi connectivity index (χ3v) is 2.29. The molecule has 2 N–H and O–H groups in total. The molecule has 6 heteroatoms. The number of halogens is 2. The lowest BCUT2D eigenvalue weighted by atomic mass is 10.1. The van der Waals surface area contributed by atoms with Gasteiger partial charge in [0.15, 0.2) is 0 Å². The summed E-state index contributed by atoms with van der Waals surface area (Å²) in [5.41, 5.74) is -0.155. The molecule has 19 heavy (non-hydrogen) atoms. The van der Waals surface area contributed by atoms with Crippen LogP contribution in [-0.2, 0) is 9.53 Å². The van der Waals surface area contributed by atoms with Crippen LogP contribution in [0.3, 0.4) is 0 Å². The summed E-state index contributed by atoms with van der Waals surface area (Å²) in [5, 5.41) is 5.42. The Kier molecular flexibility index (Phi) is 8.84. The van der Waals surface area contributed by atoms with Gasteiger partial charge < -0.3 is 15.4 Å². The Hall–Kier alpha value is -0.750. The topological polar surface area (TPSA) is 50.4 Å². The van der Waals surface area contributed by atoms with Crippen LogP contribution in [0.4, 0.5) is 8.78 Å². The smallest absolute Gasteiger partial charge is 0.219 e. The van der Waals surface area contributed by atoms with E-state index in [1.54, 1.807) is 6.92 Å². The summed E-state index contributed by atoms with van der Waals surface area (Å²) in [5.74, 6) is -0.208. The van der Waals surface area contributed by atoms with E-state index in [4.69, 9.17) is 4.74 Å². The molecule has 0 fully saturated rings. The van der Waals surface area contributed by atoms with Crippen molar-refractivity contribution in [2.75, 3.05) is 26.3 Å². The van der Waals surface area contributed by atoms with Crippen LogP contribution in [0, 0.1) is 0 Å². The molecule has 0 radical (unpaired) electrons.